The van der Waals surface area contributed by atoms with Crippen LogP contribution in [0.5, 0.6) is 0 Å². The van der Waals surface area contributed by atoms with Gasteiger partial charge in [0.1, 0.15) is 0 Å². The van der Waals surface area contributed by atoms with Gasteiger partial charge in [0.05, 0.1) is 0 Å². The minimum absolute atomic E-state index is 0.189. The van der Waals surface area contributed by atoms with Crippen LogP contribution < -0.4 is 0 Å². The number of halogens is 1. The summed E-state index contributed by atoms with van der Waals surface area (Å²) < 4.78 is 62.0. The Morgan fingerprint density at radius 2 is 0.566 bits per heavy atom. The van der Waals surface area contributed by atoms with E-state index >= 15 is 4.39 Å². The number of unbranched alkanes of at least 4 members (excludes halogenated alkanes) is 10. The van der Waals surface area contributed by atoms with Crippen LogP contribution in [0.1, 0.15) is 103 Å². The molecule has 1 N–H and O–H groups in total. The first-order valence-corrected chi connectivity index (χ1v) is 37.1. The predicted octanol–water partition coefficient (Wildman–Crippen LogP) is 11.5. The van der Waals surface area contributed by atoms with Gasteiger partial charge >= 0.3 is 17.6 Å². The van der Waals surface area contributed by atoms with Crippen molar-refractivity contribution in [3.63, 3.8) is 0 Å². The van der Waals surface area contributed by atoms with Gasteiger partial charge in [0.25, 0.3) is 0 Å². The maximum atomic E-state index is 15.3. The van der Waals surface area contributed by atoms with Gasteiger partial charge in [-0.2, -0.15) is 0 Å². The van der Waals surface area contributed by atoms with Crippen LogP contribution in [0.2, 0.25) is 88.6 Å². The zero-order valence-electron chi connectivity index (χ0n) is 37.1. The minimum atomic E-state index is -2.44. The number of rotatable bonds is 36. The van der Waals surface area contributed by atoms with E-state index < -0.39 is 56.7 Å². The van der Waals surface area contributed by atoms with Gasteiger partial charge in [0.2, 0.25) is 5.85 Å². The molecular formula is C37H87FO9Si6. The van der Waals surface area contributed by atoms with Crippen LogP contribution in [0, 0.1) is 0 Å². The Labute approximate surface area is 333 Å². The highest BCUT2D eigenvalue weighted by molar-refractivity contribution is 6.85. The first kappa shape index (κ1) is 53.9. The van der Waals surface area contributed by atoms with Gasteiger partial charge < -0.3 is 39.9 Å². The summed E-state index contributed by atoms with van der Waals surface area (Å²) in [6.45, 7) is 18.4. The fourth-order valence-electron chi connectivity index (χ4n) is 7.71. The minimum Gasteiger partial charge on any atom is -0.455 e. The standard InChI is InChI=1S/C37H87FO9Si6/c1-40-52(41-2,42-3)35-25-21-17-15-19-23-31-48(7,8)46-50(11,12)33-27-29-37(38,39)30-28-34-51(13,14)47-49(9,10)32-24-20-16-18-22-26-36-53(43-4,44-5)45-6/h39H,15-36H2,1-14H3. The average Bonchev–Trinajstić information content (AvgIpc) is 3.06. The van der Waals surface area contributed by atoms with Crippen LogP contribution >= 0.6 is 0 Å². The van der Waals surface area contributed by atoms with Crippen LogP contribution in [-0.4, -0.2) is 104 Å². The van der Waals surface area contributed by atoms with Gasteiger partial charge in [0.15, 0.2) is 33.3 Å². The van der Waals surface area contributed by atoms with Crippen molar-refractivity contribution in [3.05, 3.63) is 0 Å². The van der Waals surface area contributed by atoms with Crippen LogP contribution in [0.15, 0.2) is 0 Å². The molecule has 0 aliphatic heterocycles. The average molecular weight is 864 g/mol. The molecule has 0 aromatic rings. The summed E-state index contributed by atoms with van der Waals surface area (Å²) in [5.41, 5.74) is 0. The highest BCUT2D eigenvalue weighted by Gasteiger charge is 2.38. The zero-order valence-corrected chi connectivity index (χ0v) is 43.1. The molecule has 53 heavy (non-hydrogen) atoms. The monoisotopic (exact) mass is 862 g/mol. The number of aliphatic hydroxyl groups is 1. The lowest BCUT2D eigenvalue weighted by Gasteiger charge is -2.35. The summed E-state index contributed by atoms with van der Waals surface area (Å²) in [5, 5.41) is 10.6. The van der Waals surface area contributed by atoms with Crippen LogP contribution in [0.25, 0.3) is 0 Å². The predicted molar refractivity (Wildman–Crippen MR) is 234 cm³/mol. The second kappa shape index (κ2) is 26.8. The first-order chi connectivity index (χ1) is 24.6. The third-order valence-corrected chi connectivity index (χ3v) is 31.4. The topological polar surface area (TPSA) is 94.1 Å². The quantitative estimate of drug-likeness (QED) is 0.0488. The van der Waals surface area contributed by atoms with Crippen molar-refractivity contribution in [2.45, 2.75) is 197 Å². The third kappa shape index (κ3) is 25.8. The van der Waals surface area contributed by atoms with Gasteiger partial charge in [-0.05, 0) is 102 Å². The first-order valence-electron chi connectivity index (χ1n) is 20.7. The summed E-state index contributed by atoms with van der Waals surface area (Å²) in [7, 11) is -2.31. The molecule has 0 radical (unpaired) electrons. The molecule has 0 heterocycles. The van der Waals surface area contributed by atoms with Crippen molar-refractivity contribution in [2.24, 2.45) is 0 Å². The molecule has 0 saturated carbocycles. The number of hydrogen-bond donors (Lipinski definition) is 1. The van der Waals surface area contributed by atoms with E-state index in [4.69, 9.17) is 34.8 Å². The summed E-state index contributed by atoms with van der Waals surface area (Å²) in [6.07, 6.45) is 16.0. The summed E-state index contributed by atoms with van der Waals surface area (Å²) in [4.78, 5) is 0. The molecule has 0 unspecified atom stereocenters. The molecule has 0 spiro atoms. The zero-order chi connectivity index (χ0) is 40.7. The van der Waals surface area contributed by atoms with E-state index in [1.54, 1.807) is 42.7 Å². The second-order valence-electron chi connectivity index (χ2n) is 17.7. The molecule has 0 atom stereocenters. The van der Waals surface area contributed by atoms with Gasteiger partial charge in [-0.15, -0.1) is 0 Å². The lowest BCUT2D eigenvalue weighted by molar-refractivity contribution is -0.101. The van der Waals surface area contributed by atoms with E-state index in [9.17, 15) is 5.11 Å². The number of hydrogen-bond acceptors (Lipinski definition) is 9. The fraction of sp³-hybridized carbons (Fsp3) is 1.00. The van der Waals surface area contributed by atoms with Crippen LogP contribution in [0.4, 0.5) is 4.39 Å². The molecule has 0 saturated heterocycles. The van der Waals surface area contributed by atoms with Crippen molar-refractivity contribution in [2.75, 3.05) is 42.7 Å². The van der Waals surface area contributed by atoms with E-state index in [0.717, 1.165) is 49.1 Å². The summed E-state index contributed by atoms with van der Waals surface area (Å²) in [5.74, 6) is -2.12. The molecule has 16 heteroatoms. The Morgan fingerprint density at radius 1 is 0.358 bits per heavy atom. The van der Waals surface area contributed by atoms with Gasteiger partial charge in [-0.1, -0.05) is 64.2 Å². The van der Waals surface area contributed by atoms with Gasteiger partial charge in [-0.25, -0.2) is 4.39 Å². The number of alkyl halides is 1. The normalized spacial score (nSPS) is 14.0. The second-order valence-corrected chi connectivity index (χ2v) is 41.6. The Hall–Kier alpha value is 0.871. The van der Waals surface area contributed by atoms with Crippen molar-refractivity contribution >= 4 is 50.9 Å². The maximum absolute atomic E-state index is 15.3. The van der Waals surface area contributed by atoms with E-state index in [-0.39, 0.29) is 12.8 Å². The highest BCUT2D eigenvalue weighted by Crippen LogP contribution is 2.31. The SMILES string of the molecule is CO[Si](CCCCCCCC[Si](C)(C)O[Si](C)(C)CCCC(O)(F)CCC[Si](C)(C)O[Si](C)(C)CCCCCCCC[Si](OC)(OC)OC)(OC)OC. The van der Waals surface area contributed by atoms with Gasteiger partial charge in [-0.3, -0.25) is 0 Å². The van der Waals surface area contributed by atoms with Crippen molar-refractivity contribution in [3.8, 4) is 0 Å². The molecule has 9 nitrogen and oxygen atoms in total. The molecule has 0 aliphatic rings. The Bertz CT molecular complexity index is 837. The lowest BCUT2D eigenvalue weighted by atomic mass is 10.1. The molecule has 0 aromatic heterocycles. The molecular weight excluding hydrogens is 776 g/mol. The van der Waals surface area contributed by atoms with Crippen molar-refractivity contribution in [1.82, 2.24) is 0 Å². The Morgan fingerprint density at radius 3 is 0.811 bits per heavy atom. The van der Waals surface area contributed by atoms with Crippen LogP contribution in [-0.2, 0) is 34.8 Å². The van der Waals surface area contributed by atoms with E-state index in [1.165, 1.54) is 64.2 Å². The third-order valence-electron chi connectivity index (χ3n) is 10.7. The molecule has 0 fully saturated rings. The van der Waals surface area contributed by atoms with E-state index in [0.29, 0.717) is 12.8 Å². The fourth-order valence-corrected chi connectivity index (χ4v) is 29.2. The van der Waals surface area contributed by atoms with Crippen molar-refractivity contribution < 1.29 is 44.3 Å². The van der Waals surface area contributed by atoms with E-state index in [2.05, 4.69) is 52.4 Å². The summed E-state index contributed by atoms with van der Waals surface area (Å²) >= 11 is 0. The Kier molecular flexibility index (Phi) is 27.2. The molecule has 0 aliphatic carbocycles. The smallest absolute Gasteiger partial charge is 0.455 e. The van der Waals surface area contributed by atoms with Gasteiger partial charge in [0, 0.05) is 67.6 Å². The van der Waals surface area contributed by atoms with Crippen LogP contribution in [0.3, 0.4) is 0 Å². The highest BCUT2D eigenvalue weighted by atomic mass is 28.4. The molecule has 0 aromatic carbocycles. The molecule has 0 bridgehead atoms. The summed E-state index contributed by atoms with van der Waals surface area (Å²) in [6, 6.07) is 5.81. The largest absolute Gasteiger partial charge is 0.500 e. The Balaban J connectivity index is 4.32. The molecule has 0 rings (SSSR count). The maximum Gasteiger partial charge on any atom is 0.500 e. The molecule has 320 valence electrons. The molecule has 0 amide bonds. The van der Waals surface area contributed by atoms with E-state index in [1.807, 2.05) is 0 Å². The van der Waals surface area contributed by atoms with Crippen molar-refractivity contribution in [1.29, 1.82) is 0 Å². The lowest BCUT2D eigenvalue weighted by Crippen LogP contribution is -2.44.